The van der Waals surface area contributed by atoms with E-state index in [-0.39, 0.29) is 5.91 Å². The summed E-state index contributed by atoms with van der Waals surface area (Å²) in [6, 6.07) is 14.3. The van der Waals surface area contributed by atoms with Crippen LogP contribution in [0, 0.1) is 0 Å². The molecule has 2 heterocycles. The molecule has 160 valence electrons. The van der Waals surface area contributed by atoms with Gasteiger partial charge in [-0.25, -0.2) is 4.68 Å². The summed E-state index contributed by atoms with van der Waals surface area (Å²) < 4.78 is 7.12. The first kappa shape index (κ1) is 21.3. The maximum absolute atomic E-state index is 13.5. The number of benzene rings is 2. The van der Waals surface area contributed by atoms with Crippen LogP contribution in [0.15, 0.2) is 65.0 Å². The number of anilines is 2. The molecule has 0 aliphatic carbocycles. The van der Waals surface area contributed by atoms with Gasteiger partial charge < -0.3 is 15.4 Å². The zero-order valence-electron chi connectivity index (χ0n) is 17.3. The van der Waals surface area contributed by atoms with Gasteiger partial charge in [-0.1, -0.05) is 54.6 Å². The largest absolute Gasteiger partial charge is 0.495 e. The van der Waals surface area contributed by atoms with E-state index in [0.717, 1.165) is 11.3 Å². The first-order valence-corrected chi connectivity index (χ1v) is 11.1. The van der Waals surface area contributed by atoms with Crippen LogP contribution in [0.5, 0.6) is 5.75 Å². The molecule has 0 radical (unpaired) electrons. The number of fused-ring (bicyclic) bond motifs is 1. The zero-order chi connectivity index (χ0) is 22.0. The number of nitrogens with one attached hydrogen (secondary N) is 2. The minimum Gasteiger partial charge on any atom is -0.495 e. The number of carbonyl (C=O) groups is 1. The molecule has 2 aromatic carbocycles. The fourth-order valence-electron chi connectivity index (χ4n) is 3.54. The van der Waals surface area contributed by atoms with Crippen LogP contribution in [-0.2, 0) is 4.79 Å². The van der Waals surface area contributed by atoms with Crippen LogP contribution in [0.25, 0.3) is 0 Å². The Morgan fingerprint density at radius 2 is 2.10 bits per heavy atom. The molecule has 1 aliphatic rings. The number of para-hydroxylation sites is 2. The quantitative estimate of drug-likeness (QED) is 0.510. The molecule has 1 aliphatic heterocycles. The number of amides is 1. The second-order valence-electron chi connectivity index (χ2n) is 6.87. The highest BCUT2D eigenvalue weighted by Gasteiger charge is 2.34. The maximum Gasteiger partial charge on any atom is 0.255 e. The van der Waals surface area contributed by atoms with Crippen molar-refractivity contribution in [2.45, 2.75) is 25.0 Å². The molecule has 0 saturated carbocycles. The molecule has 7 nitrogen and oxygen atoms in total. The van der Waals surface area contributed by atoms with Crippen LogP contribution >= 0.6 is 23.4 Å². The summed E-state index contributed by atoms with van der Waals surface area (Å²) in [6.07, 6.45) is 0. The lowest BCUT2D eigenvalue weighted by atomic mass is 9.95. The van der Waals surface area contributed by atoms with Crippen molar-refractivity contribution >= 4 is 40.9 Å². The lowest BCUT2D eigenvalue weighted by Crippen LogP contribution is -2.31. The van der Waals surface area contributed by atoms with Crippen molar-refractivity contribution in [1.29, 1.82) is 0 Å². The van der Waals surface area contributed by atoms with Gasteiger partial charge in [0.25, 0.3) is 5.91 Å². The molecule has 0 saturated heterocycles. The highest BCUT2D eigenvalue weighted by molar-refractivity contribution is 7.99. The molecular weight excluding hydrogens is 434 g/mol. The summed E-state index contributed by atoms with van der Waals surface area (Å²) in [5.74, 6) is 1.76. The van der Waals surface area contributed by atoms with Gasteiger partial charge in [0, 0.05) is 10.7 Å². The van der Waals surface area contributed by atoms with Crippen molar-refractivity contribution < 1.29 is 9.53 Å². The van der Waals surface area contributed by atoms with Crippen molar-refractivity contribution in [3.8, 4) is 5.75 Å². The highest BCUT2D eigenvalue weighted by atomic mass is 35.5. The Hall–Kier alpha value is -2.97. The van der Waals surface area contributed by atoms with Crippen LogP contribution < -0.4 is 15.4 Å². The Balaban J connectivity index is 1.79. The maximum atomic E-state index is 13.5. The third-order valence-electron chi connectivity index (χ3n) is 4.87. The average Bonchev–Trinajstić information content (AvgIpc) is 3.15. The third kappa shape index (κ3) is 4.26. The number of carbonyl (C=O) groups excluding carboxylic acids is 1. The van der Waals surface area contributed by atoms with Crippen LogP contribution in [-0.4, -0.2) is 33.5 Å². The molecule has 9 heteroatoms. The van der Waals surface area contributed by atoms with E-state index < -0.39 is 6.04 Å². The minimum atomic E-state index is -0.483. The van der Waals surface area contributed by atoms with E-state index in [0.29, 0.717) is 38.8 Å². The molecule has 0 fully saturated rings. The van der Waals surface area contributed by atoms with Gasteiger partial charge in [0.2, 0.25) is 11.1 Å². The molecule has 1 atom stereocenters. The highest BCUT2D eigenvalue weighted by Crippen LogP contribution is 2.37. The van der Waals surface area contributed by atoms with Gasteiger partial charge in [-0.2, -0.15) is 4.98 Å². The van der Waals surface area contributed by atoms with Crippen molar-refractivity contribution in [2.75, 3.05) is 23.5 Å². The van der Waals surface area contributed by atoms with Gasteiger partial charge in [-0.3, -0.25) is 4.79 Å². The van der Waals surface area contributed by atoms with Crippen LogP contribution in [0.4, 0.5) is 11.6 Å². The Morgan fingerprint density at radius 3 is 2.84 bits per heavy atom. The molecule has 1 aromatic heterocycles. The number of rotatable bonds is 6. The summed E-state index contributed by atoms with van der Waals surface area (Å²) in [4.78, 5) is 18.1. The van der Waals surface area contributed by atoms with Crippen molar-refractivity contribution in [3.63, 3.8) is 0 Å². The first-order valence-electron chi connectivity index (χ1n) is 9.78. The van der Waals surface area contributed by atoms with E-state index in [1.54, 1.807) is 41.8 Å². The number of methoxy groups -OCH3 is 1. The number of ether oxygens (including phenoxy) is 1. The number of nitrogens with zero attached hydrogens (tertiary/aromatic N) is 3. The summed E-state index contributed by atoms with van der Waals surface area (Å²) in [7, 11) is 1.57. The van der Waals surface area contributed by atoms with Gasteiger partial charge in [-0.15, -0.1) is 5.10 Å². The zero-order valence-corrected chi connectivity index (χ0v) is 18.9. The summed E-state index contributed by atoms with van der Waals surface area (Å²) in [6.45, 7) is 3.90. The molecule has 3 aromatic rings. The fourth-order valence-corrected chi connectivity index (χ4v) is 4.29. The van der Waals surface area contributed by atoms with Crippen molar-refractivity contribution in [3.05, 3.63) is 70.4 Å². The van der Waals surface area contributed by atoms with Gasteiger partial charge in [0.05, 0.1) is 18.4 Å². The number of halogens is 1. The van der Waals surface area contributed by atoms with E-state index in [4.69, 9.17) is 16.3 Å². The van der Waals surface area contributed by atoms with Crippen molar-refractivity contribution in [1.82, 2.24) is 14.8 Å². The molecule has 4 rings (SSSR count). The normalized spacial score (nSPS) is 15.3. The Kier molecular flexibility index (Phi) is 6.20. The first-order chi connectivity index (χ1) is 15.0. The predicted molar refractivity (Wildman–Crippen MR) is 124 cm³/mol. The monoisotopic (exact) mass is 455 g/mol. The minimum absolute atomic E-state index is 0.259. The van der Waals surface area contributed by atoms with Crippen molar-refractivity contribution in [2.24, 2.45) is 0 Å². The molecule has 0 bridgehead atoms. The third-order valence-corrected chi connectivity index (χ3v) is 5.83. The standard InChI is InChI=1S/C22H22ClN5O2S/c1-4-31-22-26-21-24-13(2)18(20(29)25-16-10-5-6-11-17(16)30-3)19(28(21)27-22)14-8-7-9-15(23)12-14/h5-12,19H,4H2,1-3H3,(H,25,29)(H,24,26,27)/t19-/m0/s1. The number of allylic oxidation sites excluding steroid dienone is 1. The second-order valence-corrected chi connectivity index (χ2v) is 8.54. The van der Waals surface area contributed by atoms with E-state index >= 15 is 0 Å². The molecule has 1 amide bonds. The summed E-state index contributed by atoms with van der Waals surface area (Å²) in [5, 5.41) is 12.1. The number of hydrogen-bond donors (Lipinski definition) is 2. The van der Waals surface area contributed by atoms with Gasteiger partial charge in [-0.05, 0) is 42.5 Å². The van der Waals surface area contributed by atoms with Crippen LogP contribution in [0.1, 0.15) is 25.5 Å². The predicted octanol–water partition coefficient (Wildman–Crippen LogP) is 4.98. The number of hydrogen-bond acceptors (Lipinski definition) is 6. The van der Waals surface area contributed by atoms with Crippen LogP contribution in [0.3, 0.4) is 0 Å². The molecule has 31 heavy (non-hydrogen) atoms. The molecule has 2 N–H and O–H groups in total. The van der Waals surface area contributed by atoms with E-state index in [1.165, 1.54) is 0 Å². The number of thioether (sulfide) groups is 1. The smallest absolute Gasteiger partial charge is 0.255 e. The van der Waals surface area contributed by atoms with Gasteiger partial charge in [0.1, 0.15) is 11.8 Å². The van der Waals surface area contributed by atoms with E-state index in [2.05, 4.69) is 20.7 Å². The Morgan fingerprint density at radius 1 is 1.29 bits per heavy atom. The van der Waals surface area contributed by atoms with Crippen LogP contribution in [0.2, 0.25) is 5.02 Å². The topological polar surface area (TPSA) is 81.1 Å². The summed E-state index contributed by atoms with van der Waals surface area (Å²) in [5.41, 5.74) is 2.66. The number of aromatic nitrogens is 3. The molecule has 0 unspecified atom stereocenters. The lowest BCUT2D eigenvalue weighted by Gasteiger charge is -2.29. The van der Waals surface area contributed by atoms with E-state index in [1.807, 2.05) is 44.2 Å². The average molecular weight is 456 g/mol. The Bertz CT molecular complexity index is 1160. The van der Waals surface area contributed by atoms with Gasteiger partial charge in [0.15, 0.2) is 0 Å². The van der Waals surface area contributed by atoms with E-state index in [9.17, 15) is 4.79 Å². The molecular formula is C22H22ClN5O2S. The summed E-state index contributed by atoms with van der Waals surface area (Å²) >= 11 is 7.82. The SMILES string of the molecule is CCSc1nc2n(n1)[C@@H](c1cccc(Cl)c1)C(C(=O)Nc1ccccc1OC)=C(C)N2. The molecule has 0 spiro atoms. The fraction of sp³-hybridized carbons (Fsp3) is 0.227. The second kappa shape index (κ2) is 9.03. The van der Waals surface area contributed by atoms with Gasteiger partial charge >= 0.3 is 0 Å². The lowest BCUT2D eigenvalue weighted by molar-refractivity contribution is -0.113. The Labute approximate surface area is 189 Å².